The molecule has 0 radical (unpaired) electrons. The van der Waals surface area contributed by atoms with E-state index in [1.165, 1.54) is 11.1 Å². The van der Waals surface area contributed by atoms with E-state index in [-0.39, 0.29) is 0 Å². The molecular weight excluding hydrogens is 186 g/mol. The van der Waals surface area contributed by atoms with E-state index in [2.05, 4.69) is 19.1 Å². The van der Waals surface area contributed by atoms with Crippen molar-refractivity contribution < 1.29 is 4.74 Å². The fourth-order valence-electron chi connectivity index (χ4n) is 1.90. The lowest BCUT2D eigenvalue weighted by molar-refractivity contribution is 0.409. The molecule has 0 heterocycles. The Bertz CT molecular complexity index is 297. The van der Waals surface area contributed by atoms with Crippen LogP contribution >= 0.6 is 0 Å². The number of methoxy groups -OCH3 is 1. The molecule has 0 spiro atoms. The van der Waals surface area contributed by atoms with Gasteiger partial charge in [0.25, 0.3) is 0 Å². The summed E-state index contributed by atoms with van der Waals surface area (Å²) < 4.78 is 5.36. The van der Waals surface area contributed by atoms with Gasteiger partial charge in [0.15, 0.2) is 0 Å². The van der Waals surface area contributed by atoms with Gasteiger partial charge in [0.2, 0.25) is 0 Å². The van der Waals surface area contributed by atoms with Crippen molar-refractivity contribution in [2.24, 2.45) is 5.73 Å². The van der Waals surface area contributed by atoms with Gasteiger partial charge in [0.05, 0.1) is 7.11 Å². The molecule has 2 nitrogen and oxygen atoms in total. The van der Waals surface area contributed by atoms with Crippen molar-refractivity contribution in [2.45, 2.75) is 32.6 Å². The van der Waals surface area contributed by atoms with Gasteiger partial charge in [-0.25, -0.2) is 0 Å². The first-order chi connectivity index (χ1) is 7.33. The maximum atomic E-state index is 5.49. The third-order valence-corrected chi connectivity index (χ3v) is 2.70. The molecule has 2 N–H and O–H groups in total. The van der Waals surface area contributed by atoms with Crippen LogP contribution in [0.4, 0.5) is 0 Å². The summed E-state index contributed by atoms with van der Waals surface area (Å²) in [5.74, 6) is 1.02. The molecule has 2 heteroatoms. The van der Waals surface area contributed by atoms with Gasteiger partial charge >= 0.3 is 0 Å². The van der Waals surface area contributed by atoms with Crippen LogP contribution in [0.1, 0.15) is 30.9 Å². The molecule has 0 saturated carbocycles. The molecule has 0 unspecified atom stereocenters. The quantitative estimate of drug-likeness (QED) is 0.727. The Hall–Kier alpha value is -1.02. The number of aryl methyl sites for hydroxylation is 1. The Kier molecular flexibility index (Phi) is 5.19. The second-order valence-electron chi connectivity index (χ2n) is 3.70. The summed E-state index contributed by atoms with van der Waals surface area (Å²) in [4.78, 5) is 0. The third kappa shape index (κ3) is 3.24. The van der Waals surface area contributed by atoms with Gasteiger partial charge in [0.1, 0.15) is 5.75 Å². The summed E-state index contributed by atoms with van der Waals surface area (Å²) >= 11 is 0. The van der Waals surface area contributed by atoms with E-state index in [1.807, 2.05) is 6.07 Å². The number of hydrogen-bond acceptors (Lipinski definition) is 2. The molecule has 0 atom stereocenters. The molecule has 84 valence electrons. The van der Waals surface area contributed by atoms with Gasteiger partial charge in [-0.15, -0.1) is 0 Å². The number of ether oxygens (including phenoxy) is 1. The van der Waals surface area contributed by atoms with E-state index in [0.717, 1.165) is 38.0 Å². The van der Waals surface area contributed by atoms with Crippen LogP contribution in [0, 0.1) is 0 Å². The maximum Gasteiger partial charge on any atom is 0.122 e. The first-order valence-corrected chi connectivity index (χ1v) is 5.68. The molecule has 0 bridgehead atoms. The smallest absolute Gasteiger partial charge is 0.122 e. The van der Waals surface area contributed by atoms with Crippen LogP contribution in [0.3, 0.4) is 0 Å². The standard InChI is InChI=1S/C13H21NO/c1-3-12-11(7-4-5-10-14)8-6-9-13(12)15-2/h6,8-9H,3-5,7,10,14H2,1-2H3. The van der Waals surface area contributed by atoms with Gasteiger partial charge in [0, 0.05) is 0 Å². The van der Waals surface area contributed by atoms with E-state index in [1.54, 1.807) is 7.11 Å². The fraction of sp³-hybridized carbons (Fsp3) is 0.538. The second kappa shape index (κ2) is 6.46. The Morgan fingerprint density at radius 1 is 1.27 bits per heavy atom. The molecule has 0 aromatic heterocycles. The zero-order valence-corrected chi connectivity index (χ0v) is 9.75. The number of hydrogen-bond donors (Lipinski definition) is 1. The molecule has 0 aliphatic heterocycles. The fourth-order valence-corrected chi connectivity index (χ4v) is 1.90. The molecule has 15 heavy (non-hydrogen) atoms. The summed E-state index contributed by atoms with van der Waals surface area (Å²) in [6.07, 6.45) is 4.40. The Labute approximate surface area is 92.4 Å². The van der Waals surface area contributed by atoms with Crippen LogP contribution in [-0.2, 0) is 12.8 Å². The van der Waals surface area contributed by atoms with E-state index in [4.69, 9.17) is 10.5 Å². The predicted molar refractivity (Wildman–Crippen MR) is 64.4 cm³/mol. The van der Waals surface area contributed by atoms with Crippen LogP contribution < -0.4 is 10.5 Å². The summed E-state index contributed by atoms with van der Waals surface area (Å²) in [6, 6.07) is 6.29. The van der Waals surface area contributed by atoms with Gasteiger partial charge in [-0.05, 0) is 49.4 Å². The summed E-state index contributed by atoms with van der Waals surface area (Å²) in [5.41, 5.74) is 8.25. The lowest BCUT2D eigenvalue weighted by Gasteiger charge is -2.12. The molecule has 1 aromatic rings. The summed E-state index contributed by atoms with van der Waals surface area (Å²) in [5, 5.41) is 0. The zero-order chi connectivity index (χ0) is 11.1. The third-order valence-electron chi connectivity index (χ3n) is 2.70. The lowest BCUT2D eigenvalue weighted by Crippen LogP contribution is -2.01. The highest BCUT2D eigenvalue weighted by Gasteiger charge is 2.06. The number of nitrogens with two attached hydrogens (primary N) is 1. The summed E-state index contributed by atoms with van der Waals surface area (Å²) in [6.45, 7) is 2.95. The topological polar surface area (TPSA) is 35.2 Å². The maximum absolute atomic E-state index is 5.49. The molecule has 0 aliphatic rings. The van der Waals surface area contributed by atoms with Gasteiger partial charge < -0.3 is 10.5 Å². The van der Waals surface area contributed by atoms with Crippen molar-refractivity contribution in [1.82, 2.24) is 0 Å². The Morgan fingerprint density at radius 3 is 2.67 bits per heavy atom. The van der Waals surface area contributed by atoms with Crippen molar-refractivity contribution in [2.75, 3.05) is 13.7 Å². The predicted octanol–water partition coefficient (Wildman–Crippen LogP) is 2.54. The highest BCUT2D eigenvalue weighted by molar-refractivity contribution is 5.40. The van der Waals surface area contributed by atoms with E-state index in [9.17, 15) is 0 Å². The Morgan fingerprint density at radius 2 is 2.07 bits per heavy atom. The van der Waals surface area contributed by atoms with Gasteiger partial charge in [-0.3, -0.25) is 0 Å². The van der Waals surface area contributed by atoms with Crippen molar-refractivity contribution >= 4 is 0 Å². The number of rotatable bonds is 6. The van der Waals surface area contributed by atoms with Crippen LogP contribution in [0.2, 0.25) is 0 Å². The average Bonchev–Trinajstić information content (AvgIpc) is 2.29. The minimum Gasteiger partial charge on any atom is -0.496 e. The minimum absolute atomic E-state index is 0.783. The molecule has 0 aliphatic carbocycles. The van der Waals surface area contributed by atoms with E-state index in [0.29, 0.717) is 0 Å². The van der Waals surface area contributed by atoms with Crippen LogP contribution in [0.25, 0.3) is 0 Å². The summed E-state index contributed by atoms with van der Waals surface area (Å²) in [7, 11) is 1.73. The van der Waals surface area contributed by atoms with Crippen LogP contribution in [-0.4, -0.2) is 13.7 Å². The highest BCUT2D eigenvalue weighted by Crippen LogP contribution is 2.23. The minimum atomic E-state index is 0.783. The highest BCUT2D eigenvalue weighted by atomic mass is 16.5. The van der Waals surface area contributed by atoms with Crippen molar-refractivity contribution in [1.29, 1.82) is 0 Å². The molecule has 1 aromatic carbocycles. The van der Waals surface area contributed by atoms with Crippen LogP contribution in [0.5, 0.6) is 5.75 Å². The SMILES string of the molecule is CCc1c(CCCCN)cccc1OC. The van der Waals surface area contributed by atoms with Gasteiger partial charge in [-0.2, -0.15) is 0 Å². The molecule has 0 fully saturated rings. The lowest BCUT2D eigenvalue weighted by atomic mass is 9.99. The van der Waals surface area contributed by atoms with Crippen molar-refractivity contribution in [3.8, 4) is 5.75 Å². The normalized spacial score (nSPS) is 10.3. The van der Waals surface area contributed by atoms with Crippen molar-refractivity contribution in [3.05, 3.63) is 29.3 Å². The van der Waals surface area contributed by atoms with Crippen LogP contribution in [0.15, 0.2) is 18.2 Å². The first kappa shape index (κ1) is 12.1. The molecule has 1 rings (SSSR count). The molecule has 0 amide bonds. The first-order valence-electron chi connectivity index (χ1n) is 5.68. The van der Waals surface area contributed by atoms with E-state index < -0.39 is 0 Å². The number of unbranched alkanes of at least 4 members (excludes halogenated alkanes) is 1. The molecular formula is C13H21NO. The average molecular weight is 207 g/mol. The van der Waals surface area contributed by atoms with E-state index >= 15 is 0 Å². The second-order valence-corrected chi connectivity index (χ2v) is 3.70. The zero-order valence-electron chi connectivity index (χ0n) is 9.75. The van der Waals surface area contributed by atoms with Gasteiger partial charge in [-0.1, -0.05) is 19.1 Å². The largest absolute Gasteiger partial charge is 0.496 e. The Balaban J connectivity index is 2.76. The number of benzene rings is 1. The monoisotopic (exact) mass is 207 g/mol. The molecule has 0 saturated heterocycles. The van der Waals surface area contributed by atoms with Crippen molar-refractivity contribution in [3.63, 3.8) is 0 Å².